The minimum Gasteiger partial charge on any atom is -0.497 e. The van der Waals surface area contributed by atoms with Gasteiger partial charge in [0.15, 0.2) is 0 Å². The fourth-order valence-corrected chi connectivity index (χ4v) is 2.47. The molecule has 0 aromatic heterocycles. The van der Waals surface area contributed by atoms with Gasteiger partial charge in [-0.25, -0.2) is 0 Å². The summed E-state index contributed by atoms with van der Waals surface area (Å²) in [5, 5.41) is 40.2. The molecule has 3 aromatic rings. The molecule has 3 rings (SSSR count). The van der Waals surface area contributed by atoms with Crippen molar-refractivity contribution in [3.05, 3.63) is 102 Å². The molecule has 0 bridgehead atoms. The van der Waals surface area contributed by atoms with Crippen molar-refractivity contribution >= 4 is 40.6 Å². The molecule has 0 aliphatic rings. The third-order valence-electron chi connectivity index (χ3n) is 4.02. The van der Waals surface area contributed by atoms with Crippen LogP contribution in [0.2, 0.25) is 0 Å². The summed E-state index contributed by atoms with van der Waals surface area (Å²) < 4.78 is 0. The number of non-ortho nitro benzene ring substituents is 1. The van der Waals surface area contributed by atoms with Gasteiger partial charge in [-0.15, -0.1) is 0 Å². The van der Waals surface area contributed by atoms with Gasteiger partial charge >= 0.3 is 11.4 Å². The maximum Gasteiger partial charge on any atom is 0.324 e. The smallest absolute Gasteiger partial charge is 0.324 e. The Morgan fingerprint density at radius 3 is 1.78 bits per heavy atom. The Bertz CT molecular complexity index is 1160. The molecule has 5 N–H and O–H groups in total. The van der Waals surface area contributed by atoms with E-state index in [2.05, 4.69) is 0 Å². The Labute approximate surface area is 180 Å². The fourth-order valence-electron chi connectivity index (χ4n) is 2.47. The first-order valence-electron chi connectivity index (χ1n) is 8.78. The van der Waals surface area contributed by atoms with Crippen molar-refractivity contribution in [2.75, 3.05) is 11.5 Å². The average Bonchev–Trinajstić information content (AvgIpc) is 2.74. The zero-order chi connectivity index (χ0) is 23.8. The van der Waals surface area contributed by atoms with E-state index in [0.29, 0.717) is 23.5 Å². The monoisotopic (exact) mass is 439 g/mol. The minimum atomic E-state index is -1.21. The van der Waals surface area contributed by atoms with Gasteiger partial charge < -0.3 is 16.6 Å². The van der Waals surface area contributed by atoms with E-state index in [1.807, 2.05) is 54.6 Å². The normalized spacial score (nSPS) is 10.2. The maximum absolute atomic E-state index is 10.4. The van der Waals surface area contributed by atoms with E-state index in [0.717, 1.165) is 11.1 Å². The summed E-state index contributed by atoms with van der Waals surface area (Å²) in [6.07, 6.45) is 4.02. The molecule has 3 aromatic carbocycles. The first-order valence-corrected chi connectivity index (χ1v) is 8.78. The molecule has 0 aliphatic carbocycles. The highest BCUT2D eigenvalue weighted by Gasteiger charge is 2.30. The number of benzene rings is 3. The molecular formula is C20H17N5O7. The number of hydrogen-bond donors (Lipinski definition) is 3. The number of nitro groups is 3. The van der Waals surface area contributed by atoms with Crippen LogP contribution in [-0.4, -0.2) is 19.9 Å². The Morgan fingerprint density at radius 2 is 1.31 bits per heavy atom. The topological polar surface area (TPSA) is 202 Å². The molecule has 32 heavy (non-hydrogen) atoms. The summed E-state index contributed by atoms with van der Waals surface area (Å²) in [5.74, 6) is -1.21. The Morgan fingerprint density at radius 1 is 0.750 bits per heavy atom. The minimum absolute atomic E-state index is 0.447. The molecule has 0 unspecified atom stereocenters. The molecule has 0 atom stereocenters. The van der Waals surface area contributed by atoms with Crippen molar-refractivity contribution in [3.8, 4) is 5.75 Å². The van der Waals surface area contributed by atoms with Gasteiger partial charge in [0.05, 0.1) is 26.9 Å². The van der Waals surface area contributed by atoms with Crippen LogP contribution in [0.25, 0.3) is 12.2 Å². The number of phenols is 1. The molecule has 12 heteroatoms. The summed E-state index contributed by atoms with van der Waals surface area (Å²) in [7, 11) is 0. The first-order chi connectivity index (χ1) is 15.1. The predicted molar refractivity (Wildman–Crippen MR) is 119 cm³/mol. The van der Waals surface area contributed by atoms with Gasteiger partial charge in [0.25, 0.3) is 11.4 Å². The number of rotatable bonds is 5. The molecule has 0 saturated carbocycles. The number of phenolic OH excluding ortho intramolecular Hbond substituents is 1. The second-order valence-electron chi connectivity index (χ2n) is 6.24. The van der Waals surface area contributed by atoms with Gasteiger partial charge in [-0.1, -0.05) is 48.6 Å². The van der Waals surface area contributed by atoms with Crippen molar-refractivity contribution in [2.45, 2.75) is 0 Å². The number of nitrogen functional groups attached to an aromatic ring is 2. The number of anilines is 2. The van der Waals surface area contributed by atoms with Crippen LogP contribution in [0, 0.1) is 30.3 Å². The van der Waals surface area contributed by atoms with Gasteiger partial charge in [-0.3, -0.25) is 30.3 Å². The summed E-state index contributed by atoms with van der Waals surface area (Å²) in [6, 6.07) is 16.5. The van der Waals surface area contributed by atoms with Crippen LogP contribution in [0.15, 0.2) is 60.7 Å². The number of hydrogen-bond acceptors (Lipinski definition) is 9. The zero-order valence-electron chi connectivity index (χ0n) is 16.3. The Hall–Kier alpha value is -5.00. The number of aromatic hydroxyl groups is 1. The van der Waals surface area contributed by atoms with E-state index in [-0.39, 0.29) is 0 Å². The Kier molecular flexibility index (Phi) is 7.39. The first kappa shape index (κ1) is 23.3. The number of nitro benzene ring substituents is 3. The zero-order valence-corrected chi connectivity index (χ0v) is 16.3. The molecule has 0 fully saturated rings. The lowest BCUT2D eigenvalue weighted by molar-refractivity contribution is -0.404. The lowest BCUT2D eigenvalue weighted by atomic mass is 10.1. The second kappa shape index (κ2) is 10.2. The molecule has 0 amide bonds. The number of nitrogens with two attached hydrogens (primary N) is 2. The molecular weight excluding hydrogens is 422 g/mol. The fraction of sp³-hybridized carbons (Fsp3) is 0. The third kappa shape index (κ3) is 6.00. The van der Waals surface area contributed by atoms with E-state index < -0.39 is 37.6 Å². The van der Waals surface area contributed by atoms with Gasteiger partial charge in [-0.2, -0.15) is 0 Å². The van der Waals surface area contributed by atoms with Crippen molar-refractivity contribution in [1.29, 1.82) is 0 Å². The van der Waals surface area contributed by atoms with Crippen LogP contribution >= 0.6 is 0 Å². The number of nitrogens with zero attached hydrogens (tertiary/aromatic N) is 3. The van der Waals surface area contributed by atoms with E-state index >= 15 is 0 Å². The van der Waals surface area contributed by atoms with Crippen LogP contribution in [0.1, 0.15) is 11.1 Å². The molecule has 0 saturated heterocycles. The van der Waals surface area contributed by atoms with E-state index in [1.54, 1.807) is 6.07 Å². The van der Waals surface area contributed by atoms with Crippen LogP contribution < -0.4 is 11.5 Å². The molecule has 12 nitrogen and oxygen atoms in total. The van der Waals surface area contributed by atoms with Crippen molar-refractivity contribution in [1.82, 2.24) is 0 Å². The second-order valence-corrected chi connectivity index (χ2v) is 6.24. The van der Waals surface area contributed by atoms with E-state index in [1.165, 1.54) is 0 Å². The molecule has 0 radical (unpaired) electrons. The highest BCUT2D eigenvalue weighted by Crippen LogP contribution is 2.38. The Balaban J connectivity index is 0.000000227. The summed E-state index contributed by atoms with van der Waals surface area (Å²) in [4.78, 5) is 27.8. The molecule has 164 valence electrons. The van der Waals surface area contributed by atoms with Crippen molar-refractivity contribution < 1.29 is 19.9 Å². The predicted octanol–water partition coefficient (Wildman–Crippen LogP) is 4.14. The molecule has 0 aliphatic heterocycles. The van der Waals surface area contributed by atoms with Gasteiger partial charge in [0.2, 0.25) is 0 Å². The summed E-state index contributed by atoms with van der Waals surface area (Å²) >= 11 is 0. The highest BCUT2D eigenvalue weighted by molar-refractivity contribution is 5.77. The average molecular weight is 439 g/mol. The van der Waals surface area contributed by atoms with Crippen LogP contribution in [0.4, 0.5) is 28.4 Å². The lowest BCUT2D eigenvalue weighted by Crippen LogP contribution is -1.97. The quantitative estimate of drug-likeness (QED) is 0.226. The van der Waals surface area contributed by atoms with Gasteiger partial charge in [-0.05, 0) is 23.3 Å². The maximum atomic E-state index is 10.4. The molecule has 0 heterocycles. The summed E-state index contributed by atoms with van der Waals surface area (Å²) in [6.45, 7) is 0. The van der Waals surface area contributed by atoms with Crippen molar-refractivity contribution in [3.63, 3.8) is 0 Å². The van der Waals surface area contributed by atoms with E-state index in [9.17, 15) is 30.3 Å². The van der Waals surface area contributed by atoms with Crippen LogP contribution in [0.3, 0.4) is 0 Å². The van der Waals surface area contributed by atoms with Gasteiger partial charge in [0, 0.05) is 11.4 Å². The SMILES string of the molecule is Nc1ccc(C=Cc2ccccc2)c(N)c1.O=[N+]([O-])c1cc([N+](=O)[O-])c(O)c([N+](=O)[O-])c1. The summed E-state index contributed by atoms with van der Waals surface area (Å²) in [5.41, 5.74) is 12.0. The molecule has 0 spiro atoms. The lowest BCUT2D eigenvalue weighted by Gasteiger charge is -2.01. The van der Waals surface area contributed by atoms with Crippen LogP contribution in [-0.2, 0) is 0 Å². The third-order valence-corrected chi connectivity index (χ3v) is 4.02. The van der Waals surface area contributed by atoms with Crippen LogP contribution in [0.5, 0.6) is 5.75 Å². The van der Waals surface area contributed by atoms with Gasteiger partial charge in [0.1, 0.15) is 0 Å². The van der Waals surface area contributed by atoms with Crippen molar-refractivity contribution in [2.24, 2.45) is 0 Å². The standard InChI is InChI=1S/C14H14N2.C6H3N3O7/c15-13-9-8-12(14(16)10-13)7-6-11-4-2-1-3-5-11;10-6-4(8(13)14)1-3(7(11)12)2-5(6)9(15)16/h1-10H,15-16H2;1-2,10H. The largest absolute Gasteiger partial charge is 0.497 e. The highest BCUT2D eigenvalue weighted by atomic mass is 16.6. The van der Waals surface area contributed by atoms with E-state index in [4.69, 9.17) is 16.6 Å².